The van der Waals surface area contributed by atoms with E-state index in [0.29, 0.717) is 0 Å². The first kappa shape index (κ1) is 28.4. The predicted octanol–water partition coefficient (Wildman–Crippen LogP) is 9.30. The molecule has 3 heteroatoms. The molecule has 3 nitrogen and oxygen atoms in total. The second-order valence-corrected chi connectivity index (χ2v) is 11.9. The van der Waals surface area contributed by atoms with Crippen LogP contribution in [0.15, 0.2) is 114 Å². The van der Waals surface area contributed by atoms with E-state index in [0.717, 1.165) is 35.9 Å². The van der Waals surface area contributed by atoms with E-state index in [2.05, 4.69) is 160 Å². The molecule has 0 saturated carbocycles. The molecule has 0 saturated heterocycles. The minimum atomic E-state index is 0.729. The lowest BCUT2D eigenvalue weighted by Gasteiger charge is -2.26. The number of rotatable bonds is 6. The molecule has 0 spiro atoms. The summed E-state index contributed by atoms with van der Waals surface area (Å²) in [5, 5.41) is 0. The molecular weight excluding hydrogens is 522 g/mol. The van der Waals surface area contributed by atoms with Crippen LogP contribution in [0.3, 0.4) is 0 Å². The van der Waals surface area contributed by atoms with Gasteiger partial charge in [-0.15, -0.1) is 0 Å². The van der Waals surface area contributed by atoms with Gasteiger partial charge >= 0.3 is 5.84 Å². The van der Waals surface area contributed by atoms with Gasteiger partial charge in [-0.25, -0.2) is 4.58 Å². The van der Waals surface area contributed by atoms with E-state index in [1.165, 1.54) is 55.9 Å². The van der Waals surface area contributed by atoms with Crippen molar-refractivity contribution < 1.29 is 4.58 Å². The van der Waals surface area contributed by atoms with E-state index in [-0.39, 0.29) is 0 Å². The van der Waals surface area contributed by atoms with Crippen LogP contribution < -0.4 is 4.90 Å². The van der Waals surface area contributed by atoms with Gasteiger partial charge in [0.15, 0.2) is 0 Å². The Hall–Kier alpha value is -4.76. The summed E-state index contributed by atoms with van der Waals surface area (Å²) < 4.78 is 2.43. The lowest BCUT2D eigenvalue weighted by Crippen LogP contribution is -2.31. The highest BCUT2D eigenvalue weighted by Gasteiger charge is 2.37. The van der Waals surface area contributed by atoms with E-state index >= 15 is 0 Å². The molecule has 43 heavy (non-hydrogen) atoms. The van der Waals surface area contributed by atoms with Gasteiger partial charge in [-0.3, -0.25) is 0 Å². The van der Waals surface area contributed by atoms with Gasteiger partial charge in [-0.05, 0) is 92.0 Å². The number of anilines is 1. The minimum Gasteiger partial charge on any atom is -0.300 e. The number of amidine groups is 2. The molecule has 1 aliphatic heterocycles. The fourth-order valence-corrected chi connectivity index (χ4v) is 6.75. The smallest absolute Gasteiger partial charge is 0.300 e. The summed E-state index contributed by atoms with van der Waals surface area (Å²) in [6.45, 7) is 14.7. The van der Waals surface area contributed by atoms with Crippen molar-refractivity contribution in [2.75, 3.05) is 4.90 Å². The second kappa shape index (κ2) is 11.9. The molecule has 0 amide bonds. The minimum absolute atomic E-state index is 0.729. The van der Waals surface area contributed by atoms with E-state index in [1.54, 1.807) is 0 Å². The van der Waals surface area contributed by atoms with Crippen molar-refractivity contribution >= 4 is 23.0 Å². The molecule has 0 unspecified atom stereocenters. The van der Waals surface area contributed by atoms with Crippen LogP contribution in [-0.4, -0.2) is 16.2 Å². The standard InChI is InChI=1S/C40H40N3/c1-27-21-29(3)37(30(4)22-27)42(25-33-15-9-7-10-16-33)39-35-19-13-14-20-36(35)40(41-39)43(26-34-17-11-8-12-18-34)38-31(5)23-28(2)24-32(38)6/h7-24H,25-26H2,1-6H3/q+1. The summed E-state index contributed by atoms with van der Waals surface area (Å²) in [4.78, 5) is 8.03. The molecule has 0 bridgehead atoms. The zero-order chi connectivity index (χ0) is 30.1. The van der Waals surface area contributed by atoms with Crippen molar-refractivity contribution in [1.29, 1.82) is 0 Å². The van der Waals surface area contributed by atoms with Crippen molar-refractivity contribution in [3.8, 4) is 0 Å². The van der Waals surface area contributed by atoms with Gasteiger partial charge in [0.1, 0.15) is 12.2 Å². The van der Waals surface area contributed by atoms with Crippen molar-refractivity contribution in [3.63, 3.8) is 0 Å². The van der Waals surface area contributed by atoms with Gasteiger partial charge in [-0.1, -0.05) is 108 Å². The molecule has 6 rings (SSSR count). The summed E-state index contributed by atoms with van der Waals surface area (Å²) >= 11 is 0. The molecule has 5 aromatic rings. The molecule has 0 aliphatic carbocycles. The predicted molar refractivity (Wildman–Crippen MR) is 181 cm³/mol. The number of aryl methyl sites for hydroxylation is 6. The summed E-state index contributed by atoms with van der Waals surface area (Å²) in [7, 11) is 0. The zero-order valence-electron chi connectivity index (χ0n) is 26.1. The Morgan fingerprint density at radius 3 is 1.63 bits per heavy atom. The summed E-state index contributed by atoms with van der Waals surface area (Å²) in [6, 6.07) is 39.3. The lowest BCUT2D eigenvalue weighted by atomic mass is 10.0. The summed E-state index contributed by atoms with van der Waals surface area (Å²) in [5.41, 5.74) is 14.9. The van der Waals surface area contributed by atoms with Gasteiger partial charge in [-0.2, -0.15) is 0 Å². The number of benzene rings is 5. The van der Waals surface area contributed by atoms with E-state index < -0.39 is 0 Å². The first-order valence-corrected chi connectivity index (χ1v) is 15.1. The Morgan fingerprint density at radius 1 is 0.558 bits per heavy atom. The van der Waals surface area contributed by atoms with Crippen molar-refractivity contribution in [1.82, 2.24) is 0 Å². The van der Waals surface area contributed by atoms with Gasteiger partial charge in [0.2, 0.25) is 0 Å². The maximum absolute atomic E-state index is 5.60. The quantitative estimate of drug-likeness (QED) is 0.189. The molecule has 5 aromatic carbocycles. The molecule has 0 radical (unpaired) electrons. The number of aliphatic imine (C=N–C) groups is 1. The Labute approximate surface area is 256 Å². The van der Waals surface area contributed by atoms with Crippen LogP contribution in [0.1, 0.15) is 55.6 Å². The number of hydrogen-bond donors (Lipinski definition) is 0. The number of fused-ring (bicyclic) bond motifs is 1. The summed E-state index contributed by atoms with van der Waals surface area (Å²) in [5.74, 6) is 1.98. The average molecular weight is 563 g/mol. The van der Waals surface area contributed by atoms with E-state index in [1.807, 2.05) is 0 Å². The lowest BCUT2D eigenvalue weighted by molar-refractivity contribution is -0.459. The maximum atomic E-state index is 5.60. The highest BCUT2D eigenvalue weighted by Crippen LogP contribution is 2.35. The molecule has 1 aliphatic rings. The van der Waals surface area contributed by atoms with Crippen molar-refractivity contribution in [2.24, 2.45) is 4.99 Å². The number of hydrogen-bond acceptors (Lipinski definition) is 1. The third-order valence-electron chi connectivity index (χ3n) is 8.31. The van der Waals surface area contributed by atoms with Crippen LogP contribution >= 0.6 is 0 Å². The van der Waals surface area contributed by atoms with Gasteiger partial charge in [0.05, 0.1) is 23.4 Å². The van der Waals surface area contributed by atoms with Crippen LogP contribution in [0.2, 0.25) is 0 Å². The van der Waals surface area contributed by atoms with Crippen LogP contribution in [0, 0.1) is 41.5 Å². The van der Waals surface area contributed by atoms with Crippen LogP contribution in [0.4, 0.5) is 11.4 Å². The van der Waals surface area contributed by atoms with Crippen molar-refractivity contribution in [3.05, 3.63) is 165 Å². The van der Waals surface area contributed by atoms with Crippen LogP contribution in [0.25, 0.3) is 0 Å². The normalized spacial score (nSPS) is 13.5. The molecule has 1 heterocycles. The summed E-state index contributed by atoms with van der Waals surface area (Å²) in [6.07, 6.45) is 0. The third kappa shape index (κ3) is 5.68. The SMILES string of the molecule is Cc1cc(C)c(N(Cc2ccccc2)C2=NC(=[N+](Cc3ccccc3)c3c(C)cc(C)cc3C)c3ccccc32)c(C)c1. The van der Waals surface area contributed by atoms with Gasteiger partial charge in [0.25, 0.3) is 5.84 Å². The zero-order valence-corrected chi connectivity index (χ0v) is 26.1. The molecule has 0 aromatic heterocycles. The maximum Gasteiger partial charge on any atom is 0.334 e. The molecule has 0 N–H and O–H groups in total. The highest BCUT2D eigenvalue weighted by atomic mass is 15.2. The first-order valence-electron chi connectivity index (χ1n) is 15.1. The Balaban J connectivity index is 1.63. The fraction of sp³-hybridized carbons (Fsp3) is 0.200. The molecule has 0 fully saturated rings. The third-order valence-corrected chi connectivity index (χ3v) is 8.31. The monoisotopic (exact) mass is 562 g/mol. The fourth-order valence-electron chi connectivity index (χ4n) is 6.75. The van der Waals surface area contributed by atoms with Crippen LogP contribution in [0.5, 0.6) is 0 Å². The molecule has 0 atom stereocenters. The van der Waals surface area contributed by atoms with Gasteiger partial charge < -0.3 is 4.90 Å². The molecule has 214 valence electrons. The van der Waals surface area contributed by atoms with Gasteiger partial charge in [0, 0.05) is 0 Å². The topological polar surface area (TPSA) is 18.6 Å². The Bertz CT molecular complexity index is 1820. The van der Waals surface area contributed by atoms with E-state index in [9.17, 15) is 0 Å². The van der Waals surface area contributed by atoms with Crippen molar-refractivity contribution in [2.45, 2.75) is 54.6 Å². The Morgan fingerprint density at radius 2 is 1.05 bits per heavy atom. The highest BCUT2D eigenvalue weighted by molar-refractivity contribution is 6.26. The Kier molecular flexibility index (Phi) is 7.82. The molecular formula is C40H40N3+. The van der Waals surface area contributed by atoms with E-state index in [4.69, 9.17) is 4.99 Å². The largest absolute Gasteiger partial charge is 0.334 e. The first-order chi connectivity index (χ1) is 20.8. The number of nitrogens with zero attached hydrogens (tertiary/aromatic N) is 3. The van der Waals surface area contributed by atoms with Crippen LogP contribution in [-0.2, 0) is 13.1 Å². The average Bonchev–Trinajstić information content (AvgIpc) is 3.35. The second-order valence-electron chi connectivity index (χ2n) is 11.9.